The summed E-state index contributed by atoms with van der Waals surface area (Å²) in [4.78, 5) is 0. The minimum atomic E-state index is -0.761. The lowest BCUT2D eigenvalue weighted by atomic mass is 10.2. The summed E-state index contributed by atoms with van der Waals surface area (Å²) < 4.78 is 32.7. The van der Waals surface area contributed by atoms with Gasteiger partial charge in [0.15, 0.2) is 17.4 Å². The highest BCUT2D eigenvalue weighted by Crippen LogP contribution is 2.29. The summed E-state index contributed by atoms with van der Waals surface area (Å²) in [6, 6.07) is 7.36. The molecule has 0 fully saturated rings. The van der Waals surface area contributed by atoms with Crippen LogP contribution in [-0.2, 0) is 11.9 Å². The number of ether oxygens (including phenoxy) is 1. The Morgan fingerprint density at radius 3 is 2.10 bits per heavy atom. The van der Waals surface area contributed by atoms with Crippen LogP contribution in [0.3, 0.4) is 0 Å². The van der Waals surface area contributed by atoms with Crippen molar-refractivity contribution < 1.29 is 13.5 Å². The van der Waals surface area contributed by atoms with Gasteiger partial charge in [0.05, 0.1) is 0 Å². The second kappa shape index (κ2) is 6.74. The lowest BCUT2D eigenvalue weighted by Crippen LogP contribution is -2.02. The van der Waals surface area contributed by atoms with Gasteiger partial charge < -0.3 is 4.74 Å². The third-order valence-corrected chi connectivity index (χ3v) is 3.99. The largest absolute Gasteiger partial charge is 0.483 e. The average molecular weight is 382 g/mol. The van der Waals surface area contributed by atoms with Gasteiger partial charge in [0.1, 0.15) is 6.61 Å². The number of hydrogen-bond donors (Lipinski definition) is 0. The van der Waals surface area contributed by atoms with Crippen molar-refractivity contribution >= 4 is 39.1 Å². The molecule has 1 nitrogen and oxygen atoms in total. The van der Waals surface area contributed by atoms with E-state index in [-0.39, 0.29) is 6.61 Å². The first-order valence-corrected chi connectivity index (χ1v) is 7.50. The number of halogens is 5. The first-order valence-electron chi connectivity index (χ1n) is 5.62. The molecular weight excluding hydrogens is 373 g/mol. The zero-order valence-electron chi connectivity index (χ0n) is 10.1. The van der Waals surface area contributed by atoms with Crippen LogP contribution in [0.15, 0.2) is 30.3 Å². The van der Waals surface area contributed by atoms with Gasteiger partial charge in [-0.05, 0) is 29.8 Å². The van der Waals surface area contributed by atoms with Crippen LogP contribution in [0.25, 0.3) is 0 Å². The fraction of sp³-hybridized carbons (Fsp3) is 0.143. The molecule has 2 aromatic carbocycles. The van der Waals surface area contributed by atoms with Crippen molar-refractivity contribution in [3.63, 3.8) is 0 Å². The van der Waals surface area contributed by atoms with Crippen molar-refractivity contribution in [3.05, 3.63) is 63.1 Å². The summed E-state index contributed by atoms with van der Waals surface area (Å²) in [5.41, 5.74) is 0.974. The van der Waals surface area contributed by atoms with Crippen LogP contribution in [-0.4, -0.2) is 0 Å². The van der Waals surface area contributed by atoms with E-state index in [1.807, 2.05) is 0 Å². The molecule has 0 N–H and O–H groups in total. The van der Waals surface area contributed by atoms with E-state index in [1.54, 1.807) is 18.2 Å². The highest BCUT2D eigenvalue weighted by Gasteiger charge is 2.14. The first kappa shape index (κ1) is 15.5. The van der Waals surface area contributed by atoms with Crippen LogP contribution in [0.1, 0.15) is 11.1 Å². The van der Waals surface area contributed by atoms with E-state index >= 15 is 0 Å². The minimum absolute atomic E-state index is 0.111. The van der Waals surface area contributed by atoms with Crippen molar-refractivity contribution in [3.8, 4) is 5.75 Å². The quantitative estimate of drug-likeness (QED) is 0.613. The molecular formula is C14H9BrCl2F2O. The van der Waals surface area contributed by atoms with E-state index in [4.69, 9.17) is 27.9 Å². The Kier molecular flexibility index (Phi) is 5.24. The highest BCUT2D eigenvalue weighted by atomic mass is 79.9. The summed E-state index contributed by atoms with van der Waals surface area (Å²) in [6.45, 7) is -0.111. The van der Waals surface area contributed by atoms with Gasteiger partial charge in [0.2, 0.25) is 0 Å². The van der Waals surface area contributed by atoms with Gasteiger partial charge in [-0.15, -0.1) is 0 Å². The Labute approximate surface area is 133 Å². The van der Waals surface area contributed by atoms with E-state index in [1.165, 1.54) is 12.1 Å². The molecule has 2 rings (SSSR count). The molecule has 0 bridgehead atoms. The zero-order chi connectivity index (χ0) is 14.7. The first-order chi connectivity index (χ1) is 9.52. The van der Waals surface area contributed by atoms with Crippen molar-refractivity contribution in [2.45, 2.75) is 11.9 Å². The Balaban J connectivity index is 2.23. The molecule has 0 aromatic heterocycles. The molecule has 0 aliphatic heterocycles. The molecule has 106 valence electrons. The third-order valence-electron chi connectivity index (χ3n) is 2.63. The molecule has 0 spiro atoms. The fourth-order valence-corrected chi connectivity index (χ4v) is 2.47. The fourth-order valence-electron chi connectivity index (χ4n) is 1.64. The molecule has 0 heterocycles. The molecule has 0 radical (unpaired) electrons. The topological polar surface area (TPSA) is 9.23 Å². The van der Waals surface area contributed by atoms with Crippen LogP contribution in [0, 0.1) is 11.6 Å². The van der Waals surface area contributed by atoms with Crippen LogP contribution < -0.4 is 4.74 Å². The highest BCUT2D eigenvalue weighted by molar-refractivity contribution is 9.08. The summed E-state index contributed by atoms with van der Waals surface area (Å²) in [6.07, 6.45) is 0. The smallest absolute Gasteiger partial charge is 0.191 e. The van der Waals surface area contributed by atoms with Crippen molar-refractivity contribution in [2.24, 2.45) is 0 Å². The number of alkyl halides is 1. The molecule has 0 aliphatic rings. The van der Waals surface area contributed by atoms with Crippen molar-refractivity contribution in [1.82, 2.24) is 0 Å². The standard InChI is InChI=1S/C14H9BrCl2F2O/c15-6-8-4-12(18)14(13(19)5-8)20-7-9-10(16)2-1-3-11(9)17/h1-5H,6-7H2. The van der Waals surface area contributed by atoms with E-state index in [0.29, 0.717) is 26.5 Å². The van der Waals surface area contributed by atoms with Gasteiger partial charge >= 0.3 is 0 Å². The van der Waals surface area contributed by atoms with E-state index < -0.39 is 17.4 Å². The second-order valence-electron chi connectivity index (χ2n) is 4.01. The zero-order valence-corrected chi connectivity index (χ0v) is 13.2. The number of hydrogen-bond acceptors (Lipinski definition) is 1. The van der Waals surface area contributed by atoms with E-state index in [0.717, 1.165) is 0 Å². The Bertz CT molecular complexity index is 591. The predicted octanol–water partition coefficient (Wildman–Crippen LogP) is 5.75. The SMILES string of the molecule is Fc1cc(CBr)cc(F)c1OCc1c(Cl)cccc1Cl. The molecule has 0 saturated heterocycles. The molecule has 0 unspecified atom stereocenters. The van der Waals surface area contributed by atoms with Gasteiger partial charge in [-0.1, -0.05) is 45.2 Å². The predicted molar refractivity (Wildman–Crippen MR) is 79.8 cm³/mol. The lowest BCUT2D eigenvalue weighted by Gasteiger charge is -2.11. The summed E-state index contributed by atoms with van der Waals surface area (Å²) in [5.74, 6) is -1.96. The van der Waals surface area contributed by atoms with E-state index in [2.05, 4.69) is 15.9 Å². The van der Waals surface area contributed by atoms with Gasteiger partial charge in [0, 0.05) is 20.9 Å². The number of rotatable bonds is 4. The molecule has 0 amide bonds. The molecule has 6 heteroatoms. The summed E-state index contributed by atoms with van der Waals surface area (Å²) in [7, 11) is 0. The second-order valence-corrected chi connectivity index (χ2v) is 5.39. The molecule has 2 aromatic rings. The van der Waals surface area contributed by atoms with Gasteiger partial charge in [-0.2, -0.15) is 0 Å². The van der Waals surface area contributed by atoms with Crippen molar-refractivity contribution in [1.29, 1.82) is 0 Å². The number of benzene rings is 2. The minimum Gasteiger partial charge on any atom is -0.483 e. The van der Waals surface area contributed by atoms with Crippen LogP contribution >= 0.6 is 39.1 Å². The summed E-state index contributed by atoms with van der Waals surface area (Å²) in [5, 5.41) is 1.13. The molecule has 20 heavy (non-hydrogen) atoms. The van der Waals surface area contributed by atoms with Gasteiger partial charge in [-0.3, -0.25) is 0 Å². The molecule has 0 atom stereocenters. The molecule has 0 aliphatic carbocycles. The van der Waals surface area contributed by atoms with Crippen LogP contribution in [0.5, 0.6) is 5.75 Å². The maximum atomic E-state index is 13.7. The normalized spacial score (nSPS) is 10.7. The lowest BCUT2D eigenvalue weighted by molar-refractivity contribution is 0.274. The Morgan fingerprint density at radius 2 is 1.60 bits per heavy atom. The third kappa shape index (κ3) is 3.43. The Morgan fingerprint density at radius 1 is 1.05 bits per heavy atom. The van der Waals surface area contributed by atoms with Crippen LogP contribution in [0.2, 0.25) is 10.0 Å². The maximum Gasteiger partial charge on any atom is 0.191 e. The van der Waals surface area contributed by atoms with Gasteiger partial charge in [0.25, 0.3) is 0 Å². The maximum absolute atomic E-state index is 13.7. The van der Waals surface area contributed by atoms with E-state index in [9.17, 15) is 8.78 Å². The summed E-state index contributed by atoms with van der Waals surface area (Å²) >= 11 is 15.1. The van der Waals surface area contributed by atoms with Crippen molar-refractivity contribution in [2.75, 3.05) is 0 Å². The monoisotopic (exact) mass is 380 g/mol. The van der Waals surface area contributed by atoms with Crippen LogP contribution in [0.4, 0.5) is 8.78 Å². The Hall–Kier alpha value is -0.840. The van der Waals surface area contributed by atoms with Gasteiger partial charge in [-0.25, -0.2) is 8.78 Å². The average Bonchev–Trinajstić information content (AvgIpc) is 2.40. The molecule has 0 saturated carbocycles.